The number of ether oxygens (including phenoxy) is 2. The lowest BCUT2D eigenvalue weighted by molar-refractivity contribution is 0.134. The van der Waals surface area contributed by atoms with Gasteiger partial charge >= 0.3 is 0 Å². The number of pyridine rings is 1. The average Bonchev–Trinajstić information content (AvgIpc) is 2.69. The van der Waals surface area contributed by atoms with Crippen LogP contribution in [0.2, 0.25) is 0 Å². The first-order valence-corrected chi connectivity index (χ1v) is 10.4. The fourth-order valence-electron chi connectivity index (χ4n) is 2.49. The van der Waals surface area contributed by atoms with E-state index in [-0.39, 0.29) is 0 Å². The van der Waals surface area contributed by atoms with E-state index in [0.717, 1.165) is 48.4 Å². The molecule has 0 spiro atoms. The highest BCUT2D eigenvalue weighted by Gasteiger charge is 2.01. The highest BCUT2D eigenvalue weighted by molar-refractivity contribution is 9.09. The Labute approximate surface area is 165 Å². The molecule has 1 heterocycles. The van der Waals surface area contributed by atoms with E-state index in [9.17, 15) is 0 Å². The van der Waals surface area contributed by atoms with Crippen molar-refractivity contribution in [2.75, 3.05) is 18.5 Å². The van der Waals surface area contributed by atoms with Crippen LogP contribution < -0.4 is 4.74 Å². The maximum atomic E-state index is 5.92. The van der Waals surface area contributed by atoms with E-state index >= 15 is 0 Å². The summed E-state index contributed by atoms with van der Waals surface area (Å²) in [5.74, 6) is 0.806. The summed E-state index contributed by atoms with van der Waals surface area (Å²) in [6, 6.07) is 14.0. The highest BCUT2D eigenvalue weighted by atomic mass is 79.9. The smallest absolute Gasteiger partial charge is 0.145 e. The summed E-state index contributed by atoms with van der Waals surface area (Å²) in [5.41, 5.74) is 2.01. The molecular weight excluding hydrogens is 390 g/mol. The van der Waals surface area contributed by atoms with Gasteiger partial charge in [0, 0.05) is 18.1 Å². The molecule has 0 radical (unpaired) electrons. The largest absolute Gasteiger partial charge is 0.487 e. The van der Waals surface area contributed by atoms with Gasteiger partial charge in [0.2, 0.25) is 0 Å². The molecule has 0 saturated heterocycles. The van der Waals surface area contributed by atoms with Crippen LogP contribution in [0.5, 0.6) is 5.75 Å². The van der Waals surface area contributed by atoms with Crippen molar-refractivity contribution in [2.24, 2.45) is 0 Å². The molecule has 3 nitrogen and oxygen atoms in total. The van der Waals surface area contributed by atoms with Gasteiger partial charge in [-0.05, 0) is 43.0 Å². The van der Waals surface area contributed by atoms with Crippen molar-refractivity contribution >= 4 is 22.0 Å². The molecule has 0 unspecified atom stereocenters. The van der Waals surface area contributed by atoms with Crippen LogP contribution in [0.1, 0.15) is 43.4 Å². The molecule has 26 heavy (non-hydrogen) atoms. The van der Waals surface area contributed by atoms with Crippen LogP contribution in [0.4, 0.5) is 0 Å². The molecule has 0 N–H and O–H groups in total. The van der Waals surface area contributed by atoms with Gasteiger partial charge in [0.25, 0.3) is 0 Å². The maximum Gasteiger partial charge on any atom is 0.145 e. The van der Waals surface area contributed by atoms with Crippen LogP contribution >= 0.6 is 15.9 Å². The molecule has 0 fully saturated rings. The Balaban J connectivity index is 1.67. The van der Waals surface area contributed by atoms with Crippen molar-refractivity contribution in [3.63, 3.8) is 0 Å². The van der Waals surface area contributed by atoms with Crippen LogP contribution in [0.25, 0.3) is 6.08 Å². The van der Waals surface area contributed by atoms with Gasteiger partial charge in [-0.15, -0.1) is 0 Å². The Morgan fingerprint density at radius 1 is 0.923 bits per heavy atom. The van der Waals surface area contributed by atoms with Crippen molar-refractivity contribution < 1.29 is 9.47 Å². The van der Waals surface area contributed by atoms with E-state index < -0.39 is 0 Å². The fourth-order valence-corrected chi connectivity index (χ4v) is 2.88. The van der Waals surface area contributed by atoms with Crippen molar-refractivity contribution in [1.29, 1.82) is 0 Å². The molecule has 4 heteroatoms. The molecular formula is C22H28BrNO2. The third-order valence-electron chi connectivity index (χ3n) is 3.91. The van der Waals surface area contributed by atoms with Gasteiger partial charge in [0.1, 0.15) is 18.1 Å². The van der Waals surface area contributed by atoms with Gasteiger partial charge in [-0.25, -0.2) is 0 Å². The topological polar surface area (TPSA) is 31.4 Å². The number of rotatable bonds is 13. The summed E-state index contributed by atoms with van der Waals surface area (Å²) < 4.78 is 11.6. The van der Waals surface area contributed by atoms with Gasteiger partial charge in [0.05, 0.1) is 6.61 Å². The predicted molar refractivity (Wildman–Crippen MR) is 112 cm³/mol. The number of hydrogen-bond acceptors (Lipinski definition) is 3. The number of unbranched alkanes of at least 4 members (excludes halogenated alkanes) is 3. The molecule has 0 saturated carbocycles. The van der Waals surface area contributed by atoms with Gasteiger partial charge < -0.3 is 9.47 Å². The molecule has 0 aliphatic carbocycles. The number of aromatic nitrogens is 1. The third-order valence-corrected chi connectivity index (χ3v) is 4.47. The Kier molecular flexibility index (Phi) is 10.8. The molecule has 0 amide bonds. The molecule has 1 aromatic heterocycles. The van der Waals surface area contributed by atoms with E-state index in [1.807, 2.05) is 36.4 Å². The molecule has 0 aliphatic rings. The van der Waals surface area contributed by atoms with Gasteiger partial charge in [-0.3, -0.25) is 4.98 Å². The predicted octanol–water partition coefficient (Wildman–Crippen LogP) is 6.04. The Bertz CT molecular complexity index is 631. The molecule has 0 bridgehead atoms. The van der Waals surface area contributed by atoms with Crippen LogP contribution in [-0.2, 0) is 11.3 Å². The summed E-state index contributed by atoms with van der Waals surface area (Å²) in [4.78, 5) is 4.41. The number of hydrogen-bond donors (Lipinski definition) is 0. The van der Waals surface area contributed by atoms with Crippen molar-refractivity contribution in [1.82, 2.24) is 4.98 Å². The minimum Gasteiger partial charge on any atom is -0.487 e. The van der Waals surface area contributed by atoms with Crippen LogP contribution in [-0.4, -0.2) is 23.5 Å². The lowest BCUT2D eigenvalue weighted by Gasteiger charge is -2.08. The second-order valence-electron chi connectivity index (χ2n) is 6.07. The number of alkyl halides is 1. The molecule has 0 aliphatic heterocycles. The Morgan fingerprint density at radius 3 is 2.62 bits per heavy atom. The first-order valence-electron chi connectivity index (χ1n) is 9.32. The molecule has 2 aromatic rings. The van der Waals surface area contributed by atoms with Gasteiger partial charge in [-0.1, -0.05) is 65.2 Å². The summed E-state index contributed by atoms with van der Waals surface area (Å²) in [6.07, 6.45) is 11.7. The zero-order valence-electron chi connectivity index (χ0n) is 15.3. The first-order chi connectivity index (χ1) is 12.9. The average molecular weight is 418 g/mol. The van der Waals surface area contributed by atoms with E-state index in [1.54, 1.807) is 6.20 Å². The Hall–Kier alpha value is -1.65. The molecule has 1 aromatic carbocycles. The summed E-state index contributed by atoms with van der Waals surface area (Å²) in [5, 5.41) is 1.10. The van der Waals surface area contributed by atoms with Crippen molar-refractivity contribution in [3.05, 3.63) is 66.0 Å². The monoisotopic (exact) mass is 417 g/mol. The Morgan fingerprint density at radius 2 is 1.77 bits per heavy atom. The molecule has 2 rings (SSSR count). The number of nitrogens with zero attached hydrogens (tertiary/aromatic N) is 1. The van der Waals surface area contributed by atoms with E-state index in [4.69, 9.17) is 9.47 Å². The lowest BCUT2D eigenvalue weighted by atomic mass is 10.2. The van der Waals surface area contributed by atoms with E-state index in [2.05, 4.69) is 39.1 Å². The standard InChI is InChI=1S/C22H28BrNO2/c23-15-7-1-2-8-17-25-18-9-6-13-21-22(14-10-16-24-21)26-19-20-11-4-3-5-12-20/h3-6,10-14,16H,1-2,7-9,15,17-19H2. The second kappa shape index (κ2) is 13.5. The quantitative estimate of drug-likeness (QED) is 0.294. The maximum absolute atomic E-state index is 5.92. The minimum absolute atomic E-state index is 0.547. The fraction of sp³-hybridized carbons (Fsp3) is 0.409. The van der Waals surface area contributed by atoms with E-state index in [1.165, 1.54) is 19.3 Å². The minimum atomic E-state index is 0.547. The van der Waals surface area contributed by atoms with Crippen molar-refractivity contribution in [3.8, 4) is 5.75 Å². The summed E-state index contributed by atoms with van der Waals surface area (Å²) >= 11 is 3.45. The van der Waals surface area contributed by atoms with Gasteiger partial charge in [0.15, 0.2) is 0 Å². The highest BCUT2D eigenvalue weighted by Crippen LogP contribution is 2.18. The van der Waals surface area contributed by atoms with Crippen LogP contribution in [0.3, 0.4) is 0 Å². The zero-order valence-corrected chi connectivity index (χ0v) is 16.9. The van der Waals surface area contributed by atoms with Crippen LogP contribution in [0, 0.1) is 0 Å². The van der Waals surface area contributed by atoms with Crippen molar-refractivity contribution in [2.45, 2.75) is 38.7 Å². The summed E-state index contributed by atoms with van der Waals surface area (Å²) in [7, 11) is 0. The van der Waals surface area contributed by atoms with E-state index in [0.29, 0.717) is 6.61 Å². The SMILES string of the molecule is BrCCCCCCOCCC=Cc1ncccc1OCc1ccccc1. The zero-order chi connectivity index (χ0) is 18.3. The second-order valence-corrected chi connectivity index (χ2v) is 6.86. The number of halogens is 1. The normalized spacial score (nSPS) is 11.1. The first kappa shape index (κ1) is 20.7. The molecule has 140 valence electrons. The lowest BCUT2D eigenvalue weighted by Crippen LogP contribution is -1.98. The van der Waals surface area contributed by atoms with Crippen LogP contribution in [0.15, 0.2) is 54.7 Å². The van der Waals surface area contributed by atoms with Gasteiger partial charge in [-0.2, -0.15) is 0 Å². The number of benzene rings is 1. The third kappa shape index (κ3) is 8.63. The summed E-state index contributed by atoms with van der Waals surface area (Å²) in [6.45, 7) is 2.15. The molecule has 0 atom stereocenters.